The summed E-state index contributed by atoms with van der Waals surface area (Å²) in [6, 6.07) is 21.4. The van der Waals surface area contributed by atoms with Gasteiger partial charge >= 0.3 is 0 Å². The second-order valence-electron chi connectivity index (χ2n) is 9.22. The van der Waals surface area contributed by atoms with Crippen molar-refractivity contribution in [3.8, 4) is 6.07 Å². The van der Waals surface area contributed by atoms with E-state index < -0.39 is 29.5 Å². The van der Waals surface area contributed by atoms with Gasteiger partial charge in [0.25, 0.3) is 11.8 Å². The van der Waals surface area contributed by atoms with Gasteiger partial charge in [0, 0.05) is 28.2 Å². The molecule has 0 aliphatic heterocycles. The second-order valence-corrected chi connectivity index (χ2v) is 10.3. The van der Waals surface area contributed by atoms with Crippen molar-refractivity contribution in [3.05, 3.63) is 83.9 Å². The van der Waals surface area contributed by atoms with Gasteiger partial charge in [0.1, 0.15) is 6.07 Å². The predicted molar refractivity (Wildman–Crippen MR) is 158 cm³/mol. The zero-order valence-electron chi connectivity index (χ0n) is 22.6. The Morgan fingerprint density at radius 1 is 0.976 bits per heavy atom. The number of hydrogen-bond donors (Lipinski definition) is 4. The third-order valence-electron chi connectivity index (χ3n) is 6.04. The first-order valence-electron chi connectivity index (χ1n) is 12.9. The van der Waals surface area contributed by atoms with E-state index in [4.69, 9.17) is 11.5 Å². The van der Waals surface area contributed by atoms with E-state index in [9.17, 15) is 24.4 Å². The van der Waals surface area contributed by atoms with Crippen molar-refractivity contribution < 1.29 is 19.2 Å². The van der Waals surface area contributed by atoms with E-state index in [0.717, 1.165) is 0 Å². The van der Waals surface area contributed by atoms with E-state index in [-0.39, 0.29) is 13.0 Å². The van der Waals surface area contributed by atoms with E-state index in [1.807, 2.05) is 6.07 Å². The van der Waals surface area contributed by atoms with Gasteiger partial charge in [-0.2, -0.15) is 5.26 Å². The van der Waals surface area contributed by atoms with E-state index >= 15 is 0 Å². The molecular weight excluding hydrogens is 540 g/mol. The molecule has 0 bridgehead atoms. The average Bonchev–Trinajstić information content (AvgIpc) is 2.96. The quantitative estimate of drug-likeness (QED) is 0.137. The molecule has 0 saturated heterocycles. The van der Waals surface area contributed by atoms with Crippen LogP contribution < -0.4 is 22.1 Å². The summed E-state index contributed by atoms with van der Waals surface area (Å²) in [5.41, 5.74) is 12.9. The molecule has 0 saturated carbocycles. The van der Waals surface area contributed by atoms with Crippen molar-refractivity contribution in [2.75, 3.05) is 31.2 Å². The fraction of sp³-hybridized carbons (Fsp3) is 0.233. The van der Waals surface area contributed by atoms with Crippen molar-refractivity contribution in [3.63, 3.8) is 0 Å². The average molecular weight is 573 g/mol. The predicted octanol–water partition coefficient (Wildman–Crippen LogP) is 3.19. The van der Waals surface area contributed by atoms with Crippen LogP contribution in [0.1, 0.15) is 35.2 Å². The SMILES string of the molecule is CN(CC(=O)N[C@H](CCCCN)C(=O)C(=O)Nc1cccc(N)c1)C(=O)c1ccccc1Sc1ccccc1C#N. The lowest BCUT2D eigenvalue weighted by Crippen LogP contribution is -2.49. The smallest absolute Gasteiger partial charge is 0.293 e. The monoisotopic (exact) mass is 572 g/mol. The molecule has 41 heavy (non-hydrogen) atoms. The molecule has 1 atom stereocenters. The summed E-state index contributed by atoms with van der Waals surface area (Å²) >= 11 is 1.28. The Bertz CT molecular complexity index is 1450. The maximum Gasteiger partial charge on any atom is 0.293 e. The number of unbranched alkanes of at least 4 members (excludes halogenated alkanes) is 1. The molecule has 0 fully saturated rings. The number of carbonyl (C=O) groups excluding carboxylic acids is 4. The zero-order valence-corrected chi connectivity index (χ0v) is 23.4. The number of nitrogens with one attached hydrogen (secondary N) is 2. The number of nitrogen functional groups attached to an aromatic ring is 1. The standard InChI is InChI=1S/C30H32N6O4S/c1-36(30(40)23-12-3-5-15-26(23)41-25-14-4-2-9-20(25)18-32)19-27(37)35-24(13-6-7-16-31)28(38)29(39)34-22-11-8-10-21(33)17-22/h2-5,8-12,14-15,17,24H,6-7,13,16,19,31,33H2,1H3,(H,34,39)(H,35,37)/t24-/m1/s1. The van der Waals surface area contributed by atoms with Crippen LogP contribution in [-0.4, -0.2) is 54.6 Å². The fourth-order valence-electron chi connectivity index (χ4n) is 3.96. The van der Waals surface area contributed by atoms with Gasteiger partial charge in [-0.05, 0) is 68.3 Å². The molecule has 0 spiro atoms. The normalized spacial score (nSPS) is 11.1. The van der Waals surface area contributed by atoms with Crippen molar-refractivity contribution in [2.24, 2.45) is 5.73 Å². The highest BCUT2D eigenvalue weighted by atomic mass is 32.2. The number of rotatable bonds is 13. The molecule has 10 nitrogen and oxygen atoms in total. The summed E-state index contributed by atoms with van der Waals surface area (Å²) in [6.07, 6.45) is 1.34. The van der Waals surface area contributed by atoms with E-state index in [1.165, 1.54) is 29.8 Å². The summed E-state index contributed by atoms with van der Waals surface area (Å²) in [7, 11) is 1.48. The fourth-order valence-corrected chi connectivity index (χ4v) is 4.98. The van der Waals surface area contributed by atoms with Gasteiger partial charge < -0.3 is 27.0 Å². The Labute approximate surface area is 243 Å². The number of Topliss-reactive ketones (excluding diaryl/α,β-unsaturated/α-hetero) is 1. The highest BCUT2D eigenvalue weighted by Crippen LogP contribution is 2.33. The van der Waals surface area contributed by atoms with Gasteiger partial charge in [-0.15, -0.1) is 0 Å². The molecular formula is C30H32N6O4S. The van der Waals surface area contributed by atoms with Crippen molar-refractivity contribution in [1.29, 1.82) is 5.26 Å². The Morgan fingerprint density at radius 3 is 2.39 bits per heavy atom. The lowest BCUT2D eigenvalue weighted by Gasteiger charge is -2.21. The first-order chi connectivity index (χ1) is 19.7. The molecule has 3 amide bonds. The topological polar surface area (TPSA) is 171 Å². The first-order valence-corrected chi connectivity index (χ1v) is 13.8. The lowest BCUT2D eigenvalue weighted by atomic mass is 10.0. The van der Waals surface area contributed by atoms with Crippen molar-refractivity contribution >= 4 is 46.6 Å². The highest BCUT2D eigenvalue weighted by molar-refractivity contribution is 7.99. The molecule has 3 aromatic rings. The molecule has 0 heterocycles. The molecule has 0 aliphatic carbocycles. The largest absolute Gasteiger partial charge is 0.399 e. The molecule has 0 aliphatic rings. The second kappa shape index (κ2) is 15.2. The third kappa shape index (κ3) is 8.93. The van der Waals surface area contributed by atoms with Crippen LogP contribution >= 0.6 is 11.8 Å². The first kappa shape index (κ1) is 30.9. The van der Waals surface area contributed by atoms with Crippen molar-refractivity contribution in [1.82, 2.24) is 10.2 Å². The highest BCUT2D eigenvalue weighted by Gasteiger charge is 2.28. The summed E-state index contributed by atoms with van der Waals surface area (Å²) in [5.74, 6) is -2.71. The Morgan fingerprint density at radius 2 is 1.68 bits per heavy atom. The van der Waals surface area contributed by atoms with Crippen molar-refractivity contribution in [2.45, 2.75) is 35.1 Å². The Kier molecular flexibility index (Phi) is 11.5. The molecule has 0 aromatic heterocycles. The van der Waals surface area contributed by atoms with Crippen LogP contribution in [0.15, 0.2) is 82.6 Å². The van der Waals surface area contributed by atoms with Crippen LogP contribution in [-0.2, 0) is 14.4 Å². The van der Waals surface area contributed by atoms with Gasteiger partial charge in [0.2, 0.25) is 11.7 Å². The number of amides is 3. The van der Waals surface area contributed by atoms with E-state index in [1.54, 1.807) is 60.7 Å². The summed E-state index contributed by atoms with van der Waals surface area (Å²) < 4.78 is 0. The minimum absolute atomic E-state index is 0.210. The number of nitrogens with two attached hydrogens (primary N) is 2. The molecule has 212 valence electrons. The van der Waals surface area contributed by atoms with Crippen LogP contribution in [0.2, 0.25) is 0 Å². The third-order valence-corrected chi connectivity index (χ3v) is 7.19. The summed E-state index contributed by atoms with van der Waals surface area (Å²) in [4.78, 5) is 54.5. The van der Waals surface area contributed by atoms with Crippen LogP contribution in [0.4, 0.5) is 11.4 Å². The number of likely N-dealkylation sites (N-methyl/N-ethyl adjacent to an activating group) is 1. The van der Waals surface area contributed by atoms with Gasteiger partial charge in [-0.3, -0.25) is 19.2 Å². The zero-order chi connectivity index (χ0) is 29.8. The number of nitrogens with zero attached hydrogens (tertiary/aromatic N) is 2. The molecule has 3 aromatic carbocycles. The van der Waals surface area contributed by atoms with E-state index in [0.29, 0.717) is 51.7 Å². The number of benzene rings is 3. The van der Waals surface area contributed by atoms with E-state index in [2.05, 4.69) is 16.7 Å². The number of carbonyl (C=O) groups is 4. The maximum atomic E-state index is 13.3. The van der Waals surface area contributed by atoms with Crippen LogP contribution in [0, 0.1) is 11.3 Å². The molecule has 3 rings (SSSR count). The number of ketones is 1. The summed E-state index contributed by atoms with van der Waals surface area (Å²) in [5, 5.41) is 14.5. The van der Waals surface area contributed by atoms with Gasteiger partial charge in [-0.25, -0.2) is 0 Å². The minimum Gasteiger partial charge on any atom is -0.399 e. The number of anilines is 2. The van der Waals surface area contributed by atoms with Crippen LogP contribution in [0.5, 0.6) is 0 Å². The number of nitriles is 1. The van der Waals surface area contributed by atoms with Gasteiger partial charge in [0.15, 0.2) is 0 Å². The van der Waals surface area contributed by atoms with Gasteiger partial charge in [-0.1, -0.05) is 42.1 Å². The Balaban J connectivity index is 1.69. The molecule has 0 radical (unpaired) electrons. The van der Waals surface area contributed by atoms with Crippen LogP contribution in [0.25, 0.3) is 0 Å². The number of hydrogen-bond acceptors (Lipinski definition) is 8. The molecule has 0 unspecified atom stereocenters. The van der Waals surface area contributed by atoms with Gasteiger partial charge in [0.05, 0.1) is 23.7 Å². The Hall–Kier alpha value is -4.66. The molecule has 6 N–H and O–H groups in total. The lowest BCUT2D eigenvalue weighted by molar-refractivity contribution is -0.137. The maximum absolute atomic E-state index is 13.3. The molecule has 11 heteroatoms. The minimum atomic E-state index is -1.09. The van der Waals surface area contributed by atoms with Crippen LogP contribution in [0.3, 0.4) is 0 Å². The summed E-state index contributed by atoms with van der Waals surface area (Å²) in [6.45, 7) is 0.0575.